The molecule has 0 saturated heterocycles. The second kappa shape index (κ2) is 4.49. The molecule has 0 atom stereocenters. The highest BCUT2D eigenvalue weighted by molar-refractivity contribution is 6.01. The van der Waals surface area contributed by atoms with Crippen LogP contribution < -0.4 is 4.74 Å². The molecule has 2 aromatic rings. The van der Waals surface area contributed by atoms with Gasteiger partial charge in [0.2, 0.25) is 0 Å². The van der Waals surface area contributed by atoms with E-state index in [1.807, 2.05) is 31.3 Å². The maximum Gasteiger partial charge on any atom is 0.358 e. The maximum absolute atomic E-state index is 11.9. The predicted octanol–water partition coefficient (Wildman–Crippen LogP) is 2.36. The van der Waals surface area contributed by atoms with Gasteiger partial charge in [0.05, 0.1) is 19.2 Å². The topological polar surface area (TPSA) is 40.5 Å². The number of esters is 1. The van der Waals surface area contributed by atoms with E-state index in [-0.39, 0.29) is 5.97 Å². The zero-order valence-electron chi connectivity index (χ0n) is 10.2. The van der Waals surface area contributed by atoms with E-state index < -0.39 is 0 Å². The summed E-state index contributed by atoms with van der Waals surface area (Å²) in [5.41, 5.74) is 1.41. The molecule has 0 bridgehead atoms. The van der Waals surface area contributed by atoms with Crippen LogP contribution in [0, 0.1) is 0 Å². The Morgan fingerprint density at radius 2 is 2.06 bits per heavy atom. The van der Waals surface area contributed by atoms with E-state index in [0.29, 0.717) is 18.1 Å². The monoisotopic (exact) mass is 233 g/mol. The third-order valence-electron chi connectivity index (χ3n) is 2.73. The molecule has 0 N–H and O–H groups in total. The number of aryl methyl sites for hydroxylation is 1. The highest BCUT2D eigenvalue weighted by Crippen LogP contribution is 2.32. The van der Waals surface area contributed by atoms with Crippen LogP contribution in [0.4, 0.5) is 0 Å². The van der Waals surface area contributed by atoms with E-state index in [1.54, 1.807) is 18.6 Å². The second-order valence-electron chi connectivity index (χ2n) is 3.68. The van der Waals surface area contributed by atoms with Crippen LogP contribution >= 0.6 is 0 Å². The van der Waals surface area contributed by atoms with Crippen LogP contribution in [0.25, 0.3) is 10.9 Å². The minimum Gasteiger partial charge on any atom is -0.494 e. The van der Waals surface area contributed by atoms with Gasteiger partial charge in [-0.1, -0.05) is 12.1 Å². The smallest absolute Gasteiger partial charge is 0.358 e. The van der Waals surface area contributed by atoms with Crippen LogP contribution in [0.5, 0.6) is 5.75 Å². The number of ether oxygens (including phenoxy) is 2. The fourth-order valence-electron chi connectivity index (χ4n) is 1.99. The Hall–Kier alpha value is -1.97. The fourth-order valence-corrected chi connectivity index (χ4v) is 1.99. The molecular formula is C13H15NO3. The van der Waals surface area contributed by atoms with Gasteiger partial charge >= 0.3 is 5.97 Å². The molecule has 0 amide bonds. The summed E-state index contributed by atoms with van der Waals surface area (Å²) in [6.07, 6.45) is 0. The van der Waals surface area contributed by atoms with Crippen molar-refractivity contribution >= 4 is 16.9 Å². The molecule has 0 aliphatic heterocycles. The quantitative estimate of drug-likeness (QED) is 0.764. The number of carbonyl (C=O) groups is 1. The van der Waals surface area contributed by atoms with Crippen molar-refractivity contribution in [3.63, 3.8) is 0 Å². The van der Waals surface area contributed by atoms with Crippen LogP contribution in [0.2, 0.25) is 0 Å². The highest BCUT2D eigenvalue weighted by atomic mass is 16.5. The van der Waals surface area contributed by atoms with Crippen molar-refractivity contribution in [2.24, 2.45) is 7.05 Å². The number of methoxy groups -OCH3 is 1. The Balaban J connectivity index is 2.69. The van der Waals surface area contributed by atoms with E-state index in [0.717, 1.165) is 10.9 Å². The van der Waals surface area contributed by atoms with Crippen molar-refractivity contribution in [1.29, 1.82) is 0 Å². The van der Waals surface area contributed by atoms with Gasteiger partial charge in [0.15, 0.2) is 11.4 Å². The van der Waals surface area contributed by atoms with Gasteiger partial charge in [-0.05, 0) is 19.1 Å². The molecule has 90 valence electrons. The standard InChI is InChI=1S/C13H15NO3/c1-4-17-13(15)11-12(16-3)9-7-5-6-8-10(9)14(11)2/h5-8H,4H2,1-3H3. The number of benzene rings is 1. The number of fused-ring (bicyclic) bond motifs is 1. The molecule has 4 nitrogen and oxygen atoms in total. The Bertz CT molecular complexity index is 557. The number of carbonyl (C=O) groups excluding carboxylic acids is 1. The van der Waals surface area contributed by atoms with Crippen LogP contribution in [-0.2, 0) is 11.8 Å². The fraction of sp³-hybridized carbons (Fsp3) is 0.308. The van der Waals surface area contributed by atoms with Crippen LogP contribution in [0.15, 0.2) is 24.3 Å². The molecule has 17 heavy (non-hydrogen) atoms. The number of para-hydroxylation sites is 1. The third kappa shape index (κ3) is 1.75. The molecule has 0 saturated carbocycles. The van der Waals surface area contributed by atoms with Crippen molar-refractivity contribution in [3.8, 4) is 5.75 Å². The molecule has 0 unspecified atom stereocenters. The summed E-state index contributed by atoms with van der Waals surface area (Å²) in [7, 11) is 3.39. The van der Waals surface area contributed by atoms with Gasteiger partial charge in [-0.15, -0.1) is 0 Å². The first-order valence-electron chi connectivity index (χ1n) is 5.49. The van der Waals surface area contributed by atoms with Crippen molar-refractivity contribution in [2.45, 2.75) is 6.92 Å². The average molecular weight is 233 g/mol. The molecule has 0 aliphatic rings. The number of hydrogen-bond acceptors (Lipinski definition) is 3. The molecule has 1 aromatic carbocycles. The van der Waals surface area contributed by atoms with Crippen LogP contribution in [-0.4, -0.2) is 24.3 Å². The molecule has 0 fully saturated rings. The van der Waals surface area contributed by atoms with Gasteiger partial charge in [0, 0.05) is 12.4 Å². The minimum absolute atomic E-state index is 0.351. The van der Waals surface area contributed by atoms with Crippen molar-refractivity contribution in [2.75, 3.05) is 13.7 Å². The first kappa shape index (κ1) is 11.5. The molecule has 2 rings (SSSR count). The van der Waals surface area contributed by atoms with Gasteiger partial charge in [-0.3, -0.25) is 0 Å². The third-order valence-corrected chi connectivity index (χ3v) is 2.73. The van der Waals surface area contributed by atoms with E-state index >= 15 is 0 Å². The van der Waals surface area contributed by atoms with Gasteiger partial charge in [0.1, 0.15) is 0 Å². The molecule has 0 spiro atoms. The van der Waals surface area contributed by atoms with Gasteiger partial charge < -0.3 is 14.0 Å². The van der Waals surface area contributed by atoms with Gasteiger partial charge in [-0.2, -0.15) is 0 Å². The first-order valence-corrected chi connectivity index (χ1v) is 5.49. The molecule has 4 heteroatoms. The lowest BCUT2D eigenvalue weighted by Crippen LogP contribution is -2.10. The summed E-state index contributed by atoms with van der Waals surface area (Å²) in [5.74, 6) is 0.213. The molecule has 0 aliphatic carbocycles. The number of nitrogens with zero attached hydrogens (tertiary/aromatic N) is 1. The normalized spacial score (nSPS) is 10.5. The summed E-state index contributed by atoms with van der Waals surface area (Å²) in [6.45, 7) is 2.14. The Morgan fingerprint density at radius 3 is 2.71 bits per heavy atom. The average Bonchev–Trinajstić information content (AvgIpc) is 2.63. The van der Waals surface area contributed by atoms with Crippen LogP contribution in [0.1, 0.15) is 17.4 Å². The largest absolute Gasteiger partial charge is 0.494 e. The molecule has 0 radical (unpaired) electrons. The predicted molar refractivity (Wildman–Crippen MR) is 65.4 cm³/mol. The highest BCUT2D eigenvalue weighted by Gasteiger charge is 2.22. The summed E-state index contributed by atoms with van der Waals surface area (Å²) in [5, 5.41) is 0.917. The van der Waals surface area contributed by atoms with Crippen molar-refractivity contribution in [3.05, 3.63) is 30.0 Å². The number of hydrogen-bond donors (Lipinski definition) is 0. The van der Waals surface area contributed by atoms with E-state index in [4.69, 9.17) is 9.47 Å². The minimum atomic E-state index is -0.358. The Labute approximate surface area is 99.7 Å². The number of rotatable bonds is 3. The zero-order chi connectivity index (χ0) is 12.4. The number of aromatic nitrogens is 1. The lowest BCUT2D eigenvalue weighted by atomic mass is 10.2. The summed E-state index contributed by atoms with van der Waals surface area (Å²) in [6, 6.07) is 7.72. The summed E-state index contributed by atoms with van der Waals surface area (Å²) < 4.78 is 12.2. The summed E-state index contributed by atoms with van der Waals surface area (Å²) >= 11 is 0. The lowest BCUT2D eigenvalue weighted by molar-refractivity contribution is 0.0512. The van der Waals surface area contributed by atoms with Gasteiger partial charge in [0.25, 0.3) is 0 Å². The van der Waals surface area contributed by atoms with Gasteiger partial charge in [-0.25, -0.2) is 4.79 Å². The van der Waals surface area contributed by atoms with Crippen molar-refractivity contribution in [1.82, 2.24) is 4.57 Å². The SMILES string of the molecule is CCOC(=O)c1c(OC)c2ccccc2n1C. The van der Waals surface area contributed by atoms with Crippen LogP contribution in [0.3, 0.4) is 0 Å². The van der Waals surface area contributed by atoms with E-state index in [2.05, 4.69) is 0 Å². The maximum atomic E-state index is 11.9. The Kier molecular flexibility index (Phi) is 3.04. The Morgan fingerprint density at radius 1 is 1.35 bits per heavy atom. The molecule has 1 heterocycles. The van der Waals surface area contributed by atoms with E-state index in [1.165, 1.54) is 0 Å². The lowest BCUT2D eigenvalue weighted by Gasteiger charge is -2.05. The van der Waals surface area contributed by atoms with E-state index in [9.17, 15) is 4.79 Å². The molecular weight excluding hydrogens is 218 g/mol. The second-order valence-corrected chi connectivity index (χ2v) is 3.68. The van der Waals surface area contributed by atoms with Crippen molar-refractivity contribution < 1.29 is 14.3 Å². The zero-order valence-corrected chi connectivity index (χ0v) is 10.2. The molecule has 1 aromatic heterocycles. The summed E-state index contributed by atoms with van der Waals surface area (Å²) in [4.78, 5) is 11.9. The first-order chi connectivity index (χ1) is 8.20.